The lowest BCUT2D eigenvalue weighted by molar-refractivity contribution is 0.599. The van der Waals surface area contributed by atoms with Crippen LogP contribution >= 0.6 is 0 Å². The van der Waals surface area contributed by atoms with Crippen LogP contribution in [0.3, 0.4) is 0 Å². The first-order valence-electron chi connectivity index (χ1n) is 5.05. The van der Waals surface area contributed by atoms with Crippen molar-refractivity contribution < 1.29 is 0 Å². The lowest BCUT2D eigenvalue weighted by Crippen LogP contribution is -2.26. The highest BCUT2D eigenvalue weighted by atomic mass is 15.1. The third-order valence-corrected chi connectivity index (χ3v) is 2.58. The summed E-state index contributed by atoms with van der Waals surface area (Å²) in [5.41, 5.74) is 8.15. The summed E-state index contributed by atoms with van der Waals surface area (Å²) >= 11 is 0. The zero-order valence-electron chi connectivity index (χ0n) is 9.07. The molecule has 1 aromatic heterocycles. The van der Waals surface area contributed by atoms with Gasteiger partial charge in [0.15, 0.2) is 0 Å². The number of hydrogen-bond donors (Lipinski definition) is 2. The molecule has 0 aliphatic heterocycles. The molecule has 1 atom stereocenters. The summed E-state index contributed by atoms with van der Waals surface area (Å²) in [6.45, 7) is 0.733. The fourth-order valence-corrected chi connectivity index (χ4v) is 1.81. The molecule has 1 heterocycles. The molecule has 80 valence electrons. The first-order chi connectivity index (χ1) is 7.24. The molecule has 0 spiro atoms. The van der Waals surface area contributed by atoms with Crippen LogP contribution in [0, 0.1) is 0 Å². The van der Waals surface area contributed by atoms with Crippen LogP contribution in [0.1, 0.15) is 11.9 Å². The molecular formula is C11H16N4. The van der Waals surface area contributed by atoms with E-state index in [-0.39, 0.29) is 6.04 Å². The van der Waals surface area contributed by atoms with E-state index in [4.69, 9.17) is 5.73 Å². The number of para-hydroxylation sites is 2. The minimum atomic E-state index is -0.0626. The first-order valence-corrected chi connectivity index (χ1v) is 5.05. The predicted molar refractivity (Wildman–Crippen MR) is 61.6 cm³/mol. The average molecular weight is 204 g/mol. The largest absolute Gasteiger partial charge is 0.330 e. The molecule has 3 N–H and O–H groups in total. The quantitative estimate of drug-likeness (QED) is 0.777. The minimum absolute atomic E-state index is 0.0626. The topological polar surface area (TPSA) is 55.9 Å². The fourth-order valence-electron chi connectivity index (χ4n) is 1.81. The van der Waals surface area contributed by atoms with Gasteiger partial charge in [0, 0.05) is 13.6 Å². The molecular weight excluding hydrogens is 188 g/mol. The second-order valence-electron chi connectivity index (χ2n) is 3.68. The molecule has 1 unspecified atom stereocenters. The molecule has 4 nitrogen and oxygen atoms in total. The molecule has 0 amide bonds. The number of nitrogens with one attached hydrogen (secondary N) is 1. The fraction of sp³-hybridized carbons (Fsp3) is 0.364. The van der Waals surface area contributed by atoms with Gasteiger partial charge in [0.05, 0.1) is 17.1 Å². The minimum Gasteiger partial charge on any atom is -0.330 e. The zero-order valence-corrected chi connectivity index (χ0v) is 9.07. The molecule has 0 saturated carbocycles. The van der Waals surface area contributed by atoms with Gasteiger partial charge in [-0.1, -0.05) is 12.1 Å². The average Bonchev–Trinajstić information content (AvgIpc) is 2.57. The number of nitrogens with two attached hydrogens (primary N) is 1. The summed E-state index contributed by atoms with van der Waals surface area (Å²) in [7, 11) is 3.89. The molecule has 2 aromatic rings. The Hall–Kier alpha value is -1.39. The van der Waals surface area contributed by atoms with Gasteiger partial charge in [-0.05, 0) is 19.2 Å². The predicted octanol–water partition coefficient (Wildman–Crippen LogP) is 0.792. The number of aryl methyl sites for hydroxylation is 1. The molecule has 0 aliphatic rings. The highest BCUT2D eigenvalue weighted by Gasteiger charge is 2.13. The van der Waals surface area contributed by atoms with Gasteiger partial charge in [-0.2, -0.15) is 0 Å². The number of rotatable bonds is 3. The summed E-state index contributed by atoms with van der Waals surface area (Å²) < 4.78 is 2.05. The van der Waals surface area contributed by atoms with Crippen molar-refractivity contribution in [2.24, 2.45) is 12.8 Å². The Kier molecular flexibility index (Phi) is 2.70. The molecule has 0 saturated heterocycles. The second kappa shape index (κ2) is 4.00. The van der Waals surface area contributed by atoms with E-state index < -0.39 is 0 Å². The Bertz CT molecular complexity index is 461. The molecule has 2 rings (SSSR count). The van der Waals surface area contributed by atoms with Crippen molar-refractivity contribution in [2.75, 3.05) is 13.6 Å². The molecule has 15 heavy (non-hydrogen) atoms. The lowest BCUT2D eigenvalue weighted by atomic mass is 10.3. The third kappa shape index (κ3) is 1.73. The van der Waals surface area contributed by atoms with E-state index in [1.807, 2.05) is 32.3 Å². The van der Waals surface area contributed by atoms with E-state index in [9.17, 15) is 0 Å². The maximum Gasteiger partial charge on any atom is 0.127 e. The first kappa shape index (κ1) is 10.1. The van der Waals surface area contributed by atoms with E-state index >= 15 is 0 Å². The van der Waals surface area contributed by atoms with Crippen molar-refractivity contribution in [2.45, 2.75) is 6.04 Å². The van der Waals surface area contributed by atoms with Crippen molar-refractivity contribution in [1.82, 2.24) is 14.9 Å². The van der Waals surface area contributed by atoms with E-state index in [0.717, 1.165) is 23.4 Å². The number of aromatic nitrogens is 2. The third-order valence-electron chi connectivity index (χ3n) is 2.58. The zero-order chi connectivity index (χ0) is 10.8. The number of nitrogens with zero attached hydrogens (tertiary/aromatic N) is 2. The van der Waals surface area contributed by atoms with Crippen LogP contribution in [0.15, 0.2) is 24.3 Å². The molecule has 4 heteroatoms. The van der Waals surface area contributed by atoms with Crippen LogP contribution in [-0.2, 0) is 7.05 Å². The number of fused-ring (bicyclic) bond motifs is 1. The highest BCUT2D eigenvalue weighted by Crippen LogP contribution is 2.17. The highest BCUT2D eigenvalue weighted by molar-refractivity contribution is 5.75. The number of hydrogen-bond acceptors (Lipinski definition) is 3. The van der Waals surface area contributed by atoms with Crippen molar-refractivity contribution in [1.29, 1.82) is 0 Å². The van der Waals surface area contributed by atoms with Crippen LogP contribution in [0.25, 0.3) is 11.0 Å². The Morgan fingerprint density at radius 3 is 2.87 bits per heavy atom. The van der Waals surface area contributed by atoms with Crippen molar-refractivity contribution in [3.8, 4) is 0 Å². The van der Waals surface area contributed by atoms with Crippen LogP contribution in [0.5, 0.6) is 0 Å². The van der Waals surface area contributed by atoms with Crippen molar-refractivity contribution >= 4 is 11.0 Å². The molecule has 1 aromatic carbocycles. The number of benzene rings is 1. The van der Waals surface area contributed by atoms with Gasteiger partial charge in [-0.15, -0.1) is 0 Å². The molecule has 0 fully saturated rings. The lowest BCUT2D eigenvalue weighted by Gasteiger charge is -2.10. The smallest absolute Gasteiger partial charge is 0.127 e. The van der Waals surface area contributed by atoms with Crippen LogP contribution < -0.4 is 11.1 Å². The summed E-state index contributed by atoms with van der Waals surface area (Å²) in [6, 6.07) is 8.00. The van der Waals surface area contributed by atoms with Gasteiger partial charge >= 0.3 is 0 Å². The molecule has 0 aliphatic carbocycles. The number of likely N-dealkylation sites (N-methyl/N-ethyl adjacent to an activating group) is 1. The van der Waals surface area contributed by atoms with E-state index in [1.54, 1.807) is 0 Å². The Morgan fingerprint density at radius 2 is 2.20 bits per heavy atom. The summed E-state index contributed by atoms with van der Waals surface area (Å²) in [6.07, 6.45) is 0. The van der Waals surface area contributed by atoms with E-state index in [1.165, 1.54) is 0 Å². The molecule has 0 bridgehead atoms. The maximum atomic E-state index is 6.02. The summed E-state index contributed by atoms with van der Waals surface area (Å²) in [4.78, 5) is 4.53. The molecule has 0 radical (unpaired) electrons. The van der Waals surface area contributed by atoms with Crippen molar-refractivity contribution in [3.63, 3.8) is 0 Å². The van der Waals surface area contributed by atoms with Gasteiger partial charge in [0.25, 0.3) is 0 Å². The van der Waals surface area contributed by atoms with E-state index in [2.05, 4.69) is 20.9 Å². The standard InChI is InChI=1S/C11H16N4/c1-13-7-8(12)11-14-9-5-3-4-6-10(9)15(11)2/h3-6,8,13H,7,12H2,1-2H3. The van der Waals surface area contributed by atoms with Gasteiger partial charge in [0.2, 0.25) is 0 Å². The number of imidazole rings is 1. The normalized spacial score (nSPS) is 13.3. The van der Waals surface area contributed by atoms with Gasteiger partial charge < -0.3 is 15.6 Å². The SMILES string of the molecule is CNCC(N)c1nc2ccccc2n1C. The Balaban J connectivity index is 2.48. The summed E-state index contributed by atoms with van der Waals surface area (Å²) in [5, 5.41) is 3.06. The Labute approximate surface area is 89.1 Å². The van der Waals surface area contributed by atoms with Crippen LogP contribution in [0.4, 0.5) is 0 Å². The van der Waals surface area contributed by atoms with Crippen LogP contribution in [-0.4, -0.2) is 23.1 Å². The van der Waals surface area contributed by atoms with Gasteiger partial charge in [-0.3, -0.25) is 0 Å². The Morgan fingerprint density at radius 1 is 1.47 bits per heavy atom. The monoisotopic (exact) mass is 204 g/mol. The van der Waals surface area contributed by atoms with E-state index in [0.29, 0.717) is 0 Å². The van der Waals surface area contributed by atoms with Crippen LogP contribution in [0.2, 0.25) is 0 Å². The summed E-state index contributed by atoms with van der Waals surface area (Å²) in [5.74, 6) is 0.922. The maximum absolute atomic E-state index is 6.02. The van der Waals surface area contributed by atoms with Crippen molar-refractivity contribution in [3.05, 3.63) is 30.1 Å². The van der Waals surface area contributed by atoms with Gasteiger partial charge in [-0.25, -0.2) is 4.98 Å². The second-order valence-corrected chi connectivity index (χ2v) is 3.68. The van der Waals surface area contributed by atoms with Gasteiger partial charge in [0.1, 0.15) is 5.82 Å².